The van der Waals surface area contributed by atoms with E-state index in [0.717, 1.165) is 48.9 Å². The van der Waals surface area contributed by atoms with Crippen LogP contribution in [0.25, 0.3) is 11.5 Å². The second-order valence-corrected chi connectivity index (χ2v) is 7.56. The Bertz CT molecular complexity index is 761. The van der Waals surface area contributed by atoms with E-state index in [4.69, 9.17) is 4.52 Å². The van der Waals surface area contributed by atoms with Crippen molar-refractivity contribution in [3.8, 4) is 11.5 Å². The first-order chi connectivity index (χ1) is 13.2. The summed E-state index contributed by atoms with van der Waals surface area (Å²) in [6.45, 7) is 4.41. The molecule has 4 heteroatoms. The fourth-order valence-corrected chi connectivity index (χ4v) is 3.99. The van der Waals surface area contributed by atoms with E-state index in [2.05, 4.69) is 30.1 Å². The van der Waals surface area contributed by atoms with E-state index in [9.17, 15) is 4.79 Å². The van der Waals surface area contributed by atoms with Gasteiger partial charge < -0.3 is 4.52 Å². The molecule has 1 aliphatic carbocycles. The van der Waals surface area contributed by atoms with E-state index in [1.54, 1.807) is 6.08 Å². The van der Waals surface area contributed by atoms with E-state index in [0.29, 0.717) is 11.5 Å². The molecule has 0 N–H and O–H groups in total. The van der Waals surface area contributed by atoms with Gasteiger partial charge in [-0.1, -0.05) is 62.9 Å². The van der Waals surface area contributed by atoms with Crippen molar-refractivity contribution in [1.29, 1.82) is 0 Å². The number of hydrogen-bond donors (Lipinski definition) is 0. The zero-order valence-electron chi connectivity index (χ0n) is 16.5. The third-order valence-electron chi connectivity index (χ3n) is 5.69. The average molecular weight is 367 g/mol. The van der Waals surface area contributed by atoms with Gasteiger partial charge in [-0.2, -0.15) is 4.98 Å². The van der Waals surface area contributed by atoms with Crippen LogP contribution in [-0.4, -0.2) is 15.9 Å². The quantitative estimate of drug-likeness (QED) is 0.401. The zero-order chi connectivity index (χ0) is 19.1. The molecule has 2 atom stereocenters. The normalized spacial score (nSPS) is 19.8. The van der Waals surface area contributed by atoms with Crippen molar-refractivity contribution in [1.82, 2.24) is 10.1 Å². The average Bonchev–Trinajstić information content (AvgIpc) is 3.35. The fraction of sp³-hybridized carbons (Fsp3) is 0.522. The molecule has 2 aromatic rings. The third kappa shape index (κ3) is 5.15. The van der Waals surface area contributed by atoms with Gasteiger partial charge in [0.15, 0.2) is 11.6 Å². The Kier molecular flexibility index (Phi) is 6.97. The number of allylic oxidation sites excluding steroid dienone is 2. The molecule has 1 fully saturated rings. The number of rotatable bonds is 9. The Balaban J connectivity index is 1.57. The number of hydrogen-bond acceptors (Lipinski definition) is 4. The summed E-state index contributed by atoms with van der Waals surface area (Å²) in [5.74, 6) is 2.90. The molecule has 1 saturated carbocycles. The lowest BCUT2D eigenvalue weighted by Gasteiger charge is -2.15. The molecular weight excluding hydrogens is 336 g/mol. The summed E-state index contributed by atoms with van der Waals surface area (Å²) in [6, 6.07) is 7.43. The summed E-state index contributed by atoms with van der Waals surface area (Å²) in [7, 11) is 0. The molecule has 27 heavy (non-hydrogen) atoms. The largest absolute Gasteiger partial charge is 0.334 e. The Labute approximate surface area is 162 Å². The van der Waals surface area contributed by atoms with E-state index >= 15 is 0 Å². The van der Waals surface area contributed by atoms with Crippen molar-refractivity contribution in [2.75, 3.05) is 0 Å². The van der Waals surface area contributed by atoms with Gasteiger partial charge in [0.25, 0.3) is 5.89 Å². The number of unbranched alkanes of at least 4 members (excludes halogenated alkanes) is 1. The number of aryl methyl sites for hydroxylation is 1. The van der Waals surface area contributed by atoms with Crippen molar-refractivity contribution in [3.05, 3.63) is 47.8 Å². The highest BCUT2D eigenvalue weighted by Crippen LogP contribution is 2.36. The van der Waals surface area contributed by atoms with Gasteiger partial charge in [-0.15, -0.1) is 0 Å². The monoisotopic (exact) mass is 366 g/mol. The van der Waals surface area contributed by atoms with Gasteiger partial charge in [-0.3, -0.25) is 4.79 Å². The van der Waals surface area contributed by atoms with Crippen molar-refractivity contribution < 1.29 is 9.32 Å². The highest BCUT2D eigenvalue weighted by molar-refractivity contribution is 6.04. The molecule has 2 unspecified atom stereocenters. The van der Waals surface area contributed by atoms with Gasteiger partial charge in [0.2, 0.25) is 0 Å². The maximum Gasteiger partial charge on any atom is 0.257 e. The van der Waals surface area contributed by atoms with Crippen LogP contribution in [0.4, 0.5) is 0 Å². The van der Waals surface area contributed by atoms with E-state index in [1.165, 1.54) is 25.7 Å². The van der Waals surface area contributed by atoms with Crippen LogP contribution in [0.2, 0.25) is 0 Å². The van der Waals surface area contributed by atoms with Crippen LogP contribution in [0.5, 0.6) is 0 Å². The maximum atomic E-state index is 12.4. The molecule has 0 amide bonds. The summed E-state index contributed by atoms with van der Waals surface area (Å²) in [5.41, 5.74) is 1.54. The van der Waals surface area contributed by atoms with Gasteiger partial charge >= 0.3 is 0 Å². The SMILES string of the molecule is CCCCc1noc(-c2ccc(C(=O)/C=C/CC3CCCC3CC)cc2)n1. The molecule has 1 aromatic carbocycles. The maximum absolute atomic E-state index is 12.4. The lowest BCUT2D eigenvalue weighted by Crippen LogP contribution is -2.05. The van der Waals surface area contributed by atoms with Crippen LogP contribution in [-0.2, 0) is 6.42 Å². The predicted molar refractivity (Wildman–Crippen MR) is 108 cm³/mol. The Morgan fingerprint density at radius 1 is 1.19 bits per heavy atom. The van der Waals surface area contributed by atoms with Crippen LogP contribution in [0.3, 0.4) is 0 Å². The highest BCUT2D eigenvalue weighted by atomic mass is 16.5. The minimum atomic E-state index is 0.0572. The summed E-state index contributed by atoms with van der Waals surface area (Å²) < 4.78 is 5.33. The molecule has 1 heterocycles. The zero-order valence-corrected chi connectivity index (χ0v) is 16.5. The first-order valence-corrected chi connectivity index (χ1v) is 10.3. The molecule has 0 radical (unpaired) electrons. The fourth-order valence-electron chi connectivity index (χ4n) is 3.99. The molecule has 4 nitrogen and oxygen atoms in total. The minimum absolute atomic E-state index is 0.0572. The molecule has 0 aliphatic heterocycles. The summed E-state index contributed by atoms with van der Waals surface area (Å²) in [5, 5.41) is 4.01. The van der Waals surface area contributed by atoms with Gasteiger partial charge in [0.1, 0.15) is 0 Å². The van der Waals surface area contributed by atoms with E-state index < -0.39 is 0 Å². The summed E-state index contributed by atoms with van der Waals surface area (Å²) >= 11 is 0. The van der Waals surface area contributed by atoms with Crippen molar-refractivity contribution in [2.24, 2.45) is 11.8 Å². The predicted octanol–water partition coefficient (Wildman–Crippen LogP) is 6.03. The number of ketones is 1. The Morgan fingerprint density at radius 2 is 1.96 bits per heavy atom. The number of nitrogens with zero attached hydrogens (tertiary/aromatic N) is 2. The highest BCUT2D eigenvalue weighted by Gasteiger charge is 2.24. The van der Waals surface area contributed by atoms with E-state index in [1.807, 2.05) is 24.3 Å². The molecule has 0 bridgehead atoms. The lowest BCUT2D eigenvalue weighted by atomic mass is 9.90. The molecule has 1 aromatic heterocycles. The molecule has 144 valence electrons. The number of aromatic nitrogens is 2. The van der Waals surface area contributed by atoms with Gasteiger partial charge in [-0.25, -0.2) is 0 Å². The Morgan fingerprint density at radius 3 is 2.70 bits per heavy atom. The van der Waals surface area contributed by atoms with Crippen molar-refractivity contribution >= 4 is 5.78 Å². The topological polar surface area (TPSA) is 56.0 Å². The minimum Gasteiger partial charge on any atom is -0.334 e. The van der Waals surface area contributed by atoms with Crippen LogP contribution in [0.1, 0.15) is 75.0 Å². The number of carbonyl (C=O) groups is 1. The van der Waals surface area contributed by atoms with Crippen LogP contribution >= 0.6 is 0 Å². The standard InChI is InChI=1S/C23H30N2O2/c1-3-5-12-22-24-23(27-25-22)20-15-13-19(14-16-20)21(26)11-7-10-18-9-6-8-17(18)4-2/h7,11,13-18H,3-6,8-10,12H2,1-2H3/b11-7+. The number of carbonyl (C=O) groups excluding carboxylic acids is 1. The van der Waals surface area contributed by atoms with Crippen molar-refractivity contribution in [3.63, 3.8) is 0 Å². The van der Waals surface area contributed by atoms with Gasteiger partial charge in [0, 0.05) is 17.5 Å². The molecular formula is C23H30N2O2. The third-order valence-corrected chi connectivity index (χ3v) is 5.69. The lowest BCUT2D eigenvalue weighted by molar-refractivity contribution is 0.104. The Hall–Kier alpha value is -2.23. The van der Waals surface area contributed by atoms with Crippen LogP contribution in [0, 0.1) is 11.8 Å². The number of benzene rings is 1. The molecule has 0 saturated heterocycles. The summed E-state index contributed by atoms with van der Waals surface area (Å²) in [4.78, 5) is 16.8. The van der Waals surface area contributed by atoms with Gasteiger partial charge in [0.05, 0.1) is 0 Å². The van der Waals surface area contributed by atoms with Crippen molar-refractivity contribution in [2.45, 2.75) is 65.2 Å². The van der Waals surface area contributed by atoms with Crippen LogP contribution < -0.4 is 0 Å². The molecule has 0 spiro atoms. The first kappa shape index (κ1) is 19.5. The second-order valence-electron chi connectivity index (χ2n) is 7.56. The molecule has 3 rings (SSSR count). The van der Waals surface area contributed by atoms with Gasteiger partial charge in [-0.05, 0) is 49.3 Å². The first-order valence-electron chi connectivity index (χ1n) is 10.3. The molecule has 1 aliphatic rings. The van der Waals surface area contributed by atoms with E-state index in [-0.39, 0.29) is 5.78 Å². The smallest absolute Gasteiger partial charge is 0.257 e. The second kappa shape index (κ2) is 9.63. The summed E-state index contributed by atoms with van der Waals surface area (Å²) in [6.07, 6.45) is 13.0. The van der Waals surface area contributed by atoms with Crippen LogP contribution in [0.15, 0.2) is 40.9 Å².